The van der Waals surface area contributed by atoms with Crippen molar-refractivity contribution in [2.75, 3.05) is 19.6 Å². The van der Waals surface area contributed by atoms with E-state index in [2.05, 4.69) is 9.89 Å². The number of benzene rings is 2. The Morgan fingerprint density at radius 1 is 1.00 bits per heavy atom. The topological polar surface area (TPSA) is 32.7 Å². The highest BCUT2D eigenvalue weighted by molar-refractivity contribution is 6.15. The lowest BCUT2D eigenvalue weighted by Gasteiger charge is -2.17. The Hall–Kier alpha value is -2.40. The molecule has 0 atom stereocenters. The van der Waals surface area contributed by atoms with Gasteiger partial charge in [-0.1, -0.05) is 18.2 Å². The quantitative estimate of drug-likeness (QED) is 0.637. The molecule has 0 saturated carbocycles. The van der Waals surface area contributed by atoms with E-state index in [1.54, 1.807) is 6.07 Å². The maximum absolute atomic E-state index is 13.9. The Balaban J connectivity index is 1.42. The van der Waals surface area contributed by atoms with E-state index in [4.69, 9.17) is 0 Å². The van der Waals surface area contributed by atoms with Crippen molar-refractivity contribution in [3.63, 3.8) is 0 Å². The van der Waals surface area contributed by atoms with E-state index in [1.807, 2.05) is 18.2 Å². The summed E-state index contributed by atoms with van der Waals surface area (Å²) in [5, 5.41) is 0. The van der Waals surface area contributed by atoms with Crippen LogP contribution < -0.4 is 0 Å². The van der Waals surface area contributed by atoms with Gasteiger partial charge in [-0.05, 0) is 87.5 Å². The van der Waals surface area contributed by atoms with E-state index in [-0.39, 0.29) is 12.2 Å². The maximum atomic E-state index is 13.9. The molecule has 4 rings (SSSR count). The second-order valence-corrected chi connectivity index (χ2v) is 7.99. The maximum Gasteiger partial charge on any atom is 0.170 e. The highest BCUT2D eigenvalue weighted by Gasteiger charge is 2.21. The summed E-state index contributed by atoms with van der Waals surface area (Å²) in [6, 6.07) is 10.1. The monoisotopic (exact) mass is 396 g/mol. The van der Waals surface area contributed by atoms with Gasteiger partial charge in [-0.25, -0.2) is 8.78 Å². The van der Waals surface area contributed by atoms with E-state index < -0.39 is 11.6 Å². The van der Waals surface area contributed by atoms with Crippen LogP contribution in [0, 0.1) is 11.6 Å². The molecule has 5 heteroatoms. The summed E-state index contributed by atoms with van der Waals surface area (Å²) in [7, 11) is 0. The van der Waals surface area contributed by atoms with Gasteiger partial charge in [0.2, 0.25) is 0 Å². The normalized spacial score (nSPS) is 16.8. The van der Waals surface area contributed by atoms with Crippen LogP contribution in [0.2, 0.25) is 0 Å². The molecule has 152 valence electrons. The summed E-state index contributed by atoms with van der Waals surface area (Å²) < 4.78 is 27.3. The third kappa shape index (κ3) is 4.78. The molecule has 0 amide bonds. The predicted molar refractivity (Wildman–Crippen MR) is 111 cm³/mol. The summed E-state index contributed by atoms with van der Waals surface area (Å²) in [6.45, 7) is 3.53. The number of ketones is 1. The van der Waals surface area contributed by atoms with Crippen molar-refractivity contribution in [1.82, 2.24) is 4.90 Å². The first-order valence-electron chi connectivity index (χ1n) is 10.5. The largest absolute Gasteiger partial charge is 0.303 e. The van der Waals surface area contributed by atoms with Gasteiger partial charge in [0.1, 0.15) is 0 Å². The number of rotatable bonds is 7. The molecular formula is C24H26F2N2O. The van der Waals surface area contributed by atoms with Gasteiger partial charge in [0.25, 0.3) is 0 Å². The molecule has 2 aliphatic heterocycles. The van der Waals surface area contributed by atoms with Crippen molar-refractivity contribution < 1.29 is 13.6 Å². The summed E-state index contributed by atoms with van der Waals surface area (Å²) >= 11 is 0. The molecule has 0 aromatic heterocycles. The number of hydrogen-bond donors (Lipinski definition) is 0. The minimum atomic E-state index is -0.840. The predicted octanol–water partition coefficient (Wildman–Crippen LogP) is 5.28. The minimum absolute atomic E-state index is 0.0494. The average Bonchev–Trinajstić information content (AvgIpc) is 3.22. The van der Waals surface area contributed by atoms with Crippen LogP contribution in [0.3, 0.4) is 0 Å². The zero-order chi connectivity index (χ0) is 20.2. The molecular weight excluding hydrogens is 370 g/mol. The highest BCUT2D eigenvalue weighted by Crippen LogP contribution is 2.29. The Bertz CT molecular complexity index is 932. The average molecular weight is 396 g/mol. The Labute approximate surface area is 170 Å². The number of aryl methyl sites for hydroxylation is 2. The van der Waals surface area contributed by atoms with Crippen molar-refractivity contribution in [1.29, 1.82) is 0 Å². The Morgan fingerprint density at radius 3 is 2.66 bits per heavy atom. The number of carbonyl (C=O) groups is 1. The summed E-state index contributed by atoms with van der Waals surface area (Å²) in [6.07, 6.45) is 5.71. The van der Waals surface area contributed by atoms with Gasteiger partial charge in [-0.3, -0.25) is 9.79 Å². The van der Waals surface area contributed by atoms with E-state index >= 15 is 0 Å². The van der Waals surface area contributed by atoms with Crippen LogP contribution in [0.1, 0.15) is 53.6 Å². The number of aliphatic imine (C=N–C) groups is 1. The minimum Gasteiger partial charge on any atom is -0.303 e. The van der Waals surface area contributed by atoms with Crippen LogP contribution >= 0.6 is 0 Å². The molecule has 0 unspecified atom stereocenters. The van der Waals surface area contributed by atoms with Crippen LogP contribution in [0.25, 0.3) is 0 Å². The highest BCUT2D eigenvalue weighted by atomic mass is 19.2. The van der Waals surface area contributed by atoms with Gasteiger partial charge in [0.15, 0.2) is 17.4 Å². The molecule has 0 radical (unpaired) electrons. The summed E-state index contributed by atoms with van der Waals surface area (Å²) in [5.41, 5.74) is 3.63. The summed E-state index contributed by atoms with van der Waals surface area (Å²) in [5.74, 6) is -1.60. The fraction of sp³-hybridized carbons (Fsp3) is 0.417. The molecule has 1 saturated heterocycles. The fourth-order valence-corrected chi connectivity index (χ4v) is 4.23. The molecule has 2 aliphatic rings. The third-order valence-electron chi connectivity index (χ3n) is 5.86. The molecule has 2 aromatic rings. The van der Waals surface area contributed by atoms with E-state index in [1.165, 1.54) is 37.6 Å². The van der Waals surface area contributed by atoms with Crippen LogP contribution in [-0.2, 0) is 12.8 Å². The van der Waals surface area contributed by atoms with Crippen LogP contribution in [0.4, 0.5) is 14.5 Å². The molecule has 2 aromatic carbocycles. The zero-order valence-corrected chi connectivity index (χ0v) is 16.6. The first-order valence-corrected chi connectivity index (χ1v) is 10.5. The fourth-order valence-electron chi connectivity index (χ4n) is 4.23. The lowest BCUT2D eigenvalue weighted by molar-refractivity contribution is 0.0999. The van der Waals surface area contributed by atoms with Crippen LogP contribution in [0.15, 0.2) is 41.4 Å². The first kappa shape index (κ1) is 19.9. The lowest BCUT2D eigenvalue weighted by atomic mass is 9.94. The van der Waals surface area contributed by atoms with Crippen molar-refractivity contribution in [3.05, 3.63) is 64.7 Å². The number of carbonyl (C=O) groups excluding carboxylic acids is 1. The molecule has 0 N–H and O–H groups in total. The van der Waals surface area contributed by atoms with Crippen molar-refractivity contribution in [3.8, 4) is 0 Å². The molecule has 0 bridgehead atoms. The van der Waals surface area contributed by atoms with E-state index in [0.717, 1.165) is 36.9 Å². The number of nitrogens with zero attached hydrogens (tertiary/aromatic N) is 2. The number of Topliss-reactive ketones (excluding diaryl/α,β-unsaturated/α-hetero) is 1. The van der Waals surface area contributed by atoms with Crippen molar-refractivity contribution in [2.24, 2.45) is 4.99 Å². The van der Waals surface area contributed by atoms with Gasteiger partial charge >= 0.3 is 0 Å². The van der Waals surface area contributed by atoms with Gasteiger partial charge in [0.05, 0.1) is 5.69 Å². The van der Waals surface area contributed by atoms with Crippen molar-refractivity contribution >= 4 is 17.2 Å². The number of likely N-dealkylation sites (tertiary alicyclic amines) is 1. The number of hydrogen-bond acceptors (Lipinski definition) is 3. The number of halogens is 2. The van der Waals surface area contributed by atoms with Crippen molar-refractivity contribution in [2.45, 2.75) is 44.9 Å². The molecule has 0 spiro atoms. The van der Waals surface area contributed by atoms with Gasteiger partial charge in [0, 0.05) is 17.7 Å². The summed E-state index contributed by atoms with van der Waals surface area (Å²) in [4.78, 5) is 19.7. The van der Waals surface area contributed by atoms with Gasteiger partial charge < -0.3 is 4.90 Å². The smallest absolute Gasteiger partial charge is 0.170 e. The van der Waals surface area contributed by atoms with Gasteiger partial charge in [-0.2, -0.15) is 0 Å². The Kier molecular flexibility index (Phi) is 6.14. The Morgan fingerprint density at radius 2 is 1.83 bits per heavy atom. The van der Waals surface area contributed by atoms with Gasteiger partial charge in [-0.15, -0.1) is 0 Å². The molecule has 0 aliphatic carbocycles. The standard InChI is InChI=1S/C24H26F2N2O/c25-21-7-3-6-18(24(21)26)9-10-19-16-23(29)20-11-8-17(15-22(20)27-19)5-4-14-28-12-1-2-13-28/h3,6-8,11,15H,1-2,4-5,9-10,12-14,16H2. The molecule has 29 heavy (non-hydrogen) atoms. The third-order valence-corrected chi connectivity index (χ3v) is 5.86. The van der Waals surface area contributed by atoms with Crippen LogP contribution in [-0.4, -0.2) is 36.0 Å². The van der Waals surface area contributed by atoms with E-state index in [0.29, 0.717) is 24.0 Å². The first-order chi connectivity index (χ1) is 14.1. The SMILES string of the molecule is O=C1CC(CCc2cccc(F)c2F)=Nc2cc(CCCN3CCCC3)ccc21. The zero-order valence-electron chi connectivity index (χ0n) is 16.6. The molecule has 3 nitrogen and oxygen atoms in total. The van der Waals surface area contributed by atoms with E-state index in [9.17, 15) is 13.6 Å². The van der Waals surface area contributed by atoms with Crippen LogP contribution in [0.5, 0.6) is 0 Å². The second-order valence-electron chi connectivity index (χ2n) is 7.99. The molecule has 1 fully saturated rings. The second kappa shape index (κ2) is 8.95. The lowest BCUT2D eigenvalue weighted by Crippen LogP contribution is -2.20. The molecule has 2 heterocycles. The number of fused-ring (bicyclic) bond motifs is 1.